The molecule has 1 aromatic heterocycles. The number of aromatic nitrogens is 2. The van der Waals surface area contributed by atoms with Gasteiger partial charge in [-0.1, -0.05) is 55.1 Å². The van der Waals surface area contributed by atoms with Crippen molar-refractivity contribution in [1.82, 2.24) is 9.55 Å². The van der Waals surface area contributed by atoms with E-state index in [0.29, 0.717) is 11.4 Å². The van der Waals surface area contributed by atoms with Crippen molar-refractivity contribution in [3.8, 4) is 16.9 Å². The van der Waals surface area contributed by atoms with Crippen LogP contribution in [0.2, 0.25) is 0 Å². The van der Waals surface area contributed by atoms with E-state index in [1.807, 2.05) is 72.2 Å². The Morgan fingerprint density at radius 1 is 1.08 bits per heavy atom. The van der Waals surface area contributed by atoms with Gasteiger partial charge in [0, 0.05) is 16.8 Å². The maximum Gasteiger partial charge on any atom is 0.333 e. The van der Waals surface area contributed by atoms with Crippen LogP contribution in [0.15, 0.2) is 72.8 Å². The number of hydrogen-bond donors (Lipinski definition) is 0. The van der Waals surface area contributed by atoms with Gasteiger partial charge in [0.05, 0.1) is 11.4 Å². The van der Waals surface area contributed by atoms with Crippen molar-refractivity contribution in [3.05, 3.63) is 84.3 Å². The van der Waals surface area contributed by atoms with Crippen LogP contribution in [0.4, 0.5) is 0 Å². The van der Waals surface area contributed by atoms with Crippen LogP contribution < -0.4 is 0 Å². The standard InChI is InChI=1S/C21H20N2O2/c1-15(2)21(24)25-14-19-22-16(3)20(17-10-6-4-7-11-17)23(19)18-12-8-5-9-13-18/h4-13H,1,14H2,2-3H3. The van der Waals surface area contributed by atoms with Crippen LogP contribution in [0, 0.1) is 6.92 Å². The second kappa shape index (κ2) is 7.18. The maximum atomic E-state index is 11.8. The first kappa shape index (κ1) is 16.7. The Hall–Kier alpha value is -3.14. The molecule has 0 saturated carbocycles. The van der Waals surface area contributed by atoms with Crippen molar-refractivity contribution < 1.29 is 9.53 Å². The van der Waals surface area contributed by atoms with Crippen molar-refractivity contribution >= 4 is 5.97 Å². The highest BCUT2D eigenvalue weighted by Gasteiger charge is 2.18. The average Bonchev–Trinajstić information content (AvgIpc) is 2.97. The molecular formula is C21H20N2O2. The van der Waals surface area contributed by atoms with E-state index in [-0.39, 0.29) is 6.61 Å². The number of esters is 1. The SMILES string of the molecule is C=C(C)C(=O)OCc1nc(C)c(-c2ccccc2)n1-c1ccccc1. The summed E-state index contributed by atoms with van der Waals surface area (Å²) in [6.07, 6.45) is 0. The van der Waals surface area contributed by atoms with Gasteiger partial charge < -0.3 is 4.74 Å². The molecule has 126 valence electrons. The second-order valence-electron chi connectivity index (χ2n) is 5.86. The van der Waals surface area contributed by atoms with Crippen LogP contribution in [0.3, 0.4) is 0 Å². The number of para-hydroxylation sites is 1. The molecule has 25 heavy (non-hydrogen) atoms. The molecule has 2 aromatic carbocycles. The Labute approximate surface area is 147 Å². The zero-order valence-electron chi connectivity index (χ0n) is 14.4. The fraction of sp³-hybridized carbons (Fsp3) is 0.143. The first-order chi connectivity index (χ1) is 12.1. The van der Waals surface area contributed by atoms with Gasteiger partial charge >= 0.3 is 5.97 Å². The molecule has 0 aliphatic heterocycles. The van der Waals surface area contributed by atoms with E-state index in [0.717, 1.165) is 22.6 Å². The molecule has 0 radical (unpaired) electrons. The summed E-state index contributed by atoms with van der Waals surface area (Å²) in [7, 11) is 0. The summed E-state index contributed by atoms with van der Waals surface area (Å²) in [4.78, 5) is 16.4. The summed E-state index contributed by atoms with van der Waals surface area (Å²) in [5, 5.41) is 0. The molecule has 0 unspecified atom stereocenters. The Morgan fingerprint density at radius 2 is 1.68 bits per heavy atom. The van der Waals surface area contributed by atoms with Gasteiger partial charge in [0.15, 0.2) is 5.82 Å². The van der Waals surface area contributed by atoms with Crippen LogP contribution in [0.5, 0.6) is 0 Å². The summed E-state index contributed by atoms with van der Waals surface area (Å²) in [5.74, 6) is 0.263. The third-order valence-corrected chi connectivity index (χ3v) is 3.86. The zero-order chi connectivity index (χ0) is 17.8. The van der Waals surface area contributed by atoms with E-state index in [1.54, 1.807) is 6.92 Å². The molecule has 0 atom stereocenters. The lowest BCUT2D eigenvalue weighted by Crippen LogP contribution is -2.09. The number of carbonyl (C=O) groups is 1. The van der Waals surface area contributed by atoms with E-state index in [9.17, 15) is 4.79 Å². The number of ether oxygens (including phenoxy) is 1. The van der Waals surface area contributed by atoms with Gasteiger partial charge in [-0.05, 0) is 26.0 Å². The van der Waals surface area contributed by atoms with Crippen molar-refractivity contribution in [2.45, 2.75) is 20.5 Å². The van der Waals surface area contributed by atoms with Gasteiger partial charge in [-0.3, -0.25) is 4.57 Å². The molecule has 1 heterocycles. The molecule has 0 spiro atoms. The Morgan fingerprint density at radius 3 is 2.28 bits per heavy atom. The number of imidazole rings is 1. The highest BCUT2D eigenvalue weighted by molar-refractivity contribution is 5.86. The quantitative estimate of drug-likeness (QED) is 0.511. The molecule has 3 rings (SSSR count). The fourth-order valence-electron chi connectivity index (χ4n) is 2.73. The lowest BCUT2D eigenvalue weighted by Gasteiger charge is -2.13. The normalized spacial score (nSPS) is 10.5. The lowest BCUT2D eigenvalue weighted by molar-refractivity contribution is -0.140. The lowest BCUT2D eigenvalue weighted by atomic mass is 10.1. The second-order valence-corrected chi connectivity index (χ2v) is 5.86. The van der Waals surface area contributed by atoms with E-state index < -0.39 is 5.97 Å². The van der Waals surface area contributed by atoms with E-state index in [1.165, 1.54) is 0 Å². The molecule has 0 amide bonds. The minimum Gasteiger partial charge on any atom is -0.454 e. The van der Waals surface area contributed by atoms with Crippen molar-refractivity contribution in [1.29, 1.82) is 0 Å². The van der Waals surface area contributed by atoms with Crippen LogP contribution in [0.1, 0.15) is 18.4 Å². The van der Waals surface area contributed by atoms with Gasteiger partial charge in [0.1, 0.15) is 6.61 Å². The van der Waals surface area contributed by atoms with E-state index in [4.69, 9.17) is 4.74 Å². The summed E-state index contributed by atoms with van der Waals surface area (Å²) >= 11 is 0. The predicted octanol–water partition coefficient (Wildman–Crippen LogP) is 4.47. The minimum absolute atomic E-state index is 0.0915. The first-order valence-corrected chi connectivity index (χ1v) is 8.09. The van der Waals surface area contributed by atoms with Crippen molar-refractivity contribution in [3.63, 3.8) is 0 Å². The van der Waals surface area contributed by atoms with Crippen molar-refractivity contribution in [2.24, 2.45) is 0 Å². The van der Waals surface area contributed by atoms with Crippen molar-refractivity contribution in [2.75, 3.05) is 0 Å². The van der Waals surface area contributed by atoms with Crippen LogP contribution >= 0.6 is 0 Å². The Kier molecular flexibility index (Phi) is 4.80. The third kappa shape index (κ3) is 3.53. The molecule has 0 bridgehead atoms. The van der Waals surface area contributed by atoms with Gasteiger partial charge in [-0.2, -0.15) is 0 Å². The van der Waals surface area contributed by atoms with Crippen LogP contribution in [0.25, 0.3) is 16.9 Å². The molecule has 0 aliphatic carbocycles. The highest BCUT2D eigenvalue weighted by Crippen LogP contribution is 2.28. The summed E-state index contributed by atoms with van der Waals surface area (Å²) in [5.41, 5.74) is 4.29. The molecule has 4 heteroatoms. The average molecular weight is 332 g/mol. The van der Waals surface area contributed by atoms with Crippen LogP contribution in [-0.4, -0.2) is 15.5 Å². The van der Waals surface area contributed by atoms with E-state index >= 15 is 0 Å². The topological polar surface area (TPSA) is 44.1 Å². The number of aryl methyl sites for hydroxylation is 1. The maximum absolute atomic E-state index is 11.8. The highest BCUT2D eigenvalue weighted by atomic mass is 16.5. The Balaban J connectivity index is 2.10. The number of rotatable bonds is 5. The Bertz CT molecular complexity index is 896. The molecule has 4 nitrogen and oxygen atoms in total. The molecule has 0 saturated heterocycles. The number of hydrogen-bond acceptors (Lipinski definition) is 3. The van der Waals surface area contributed by atoms with Gasteiger partial charge in [-0.25, -0.2) is 9.78 Å². The molecule has 0 N–H and O–H groups in total. The summed E-state index contributed by atoms with van der Waals surface area (Å²) in [6.45, 7) is 7.30. The first-order valence-electron chi connectivity index (χ1n) is 8.09. The fourth-order valence-corrected chi connectivity index (χ4v) is 2.73. The van der Waals surface area contributed by atoms with Gasteiger partial charge in [0.25, 0.3) is 0 Å². The molecule has 0 aliphatic rings. The molecule has 3 aromatic rings. The molecule has 0 fully saturated rings. The van der Waals surface area contributed by atoms with Gasteiger partial charge in [-0.15, -0.1) is 0 Å². The smallest absolute Gasteiger partial charge is 0.333 e. The third-order valence-electron chi connectivity index (χ3n) is 3.86. The summed E-state index contributed by atoms with van der Waals surface area (Å²) < 4.78 is 7.37. The van der Waals surface area contributed by atoms with Gasteiger partial charge in [0.2, 0.25) is 0 Å². The number of carbonyl (C=O) groups excluding carboxylic acids is 1. The van der Waals surface area contributed by atoms with E-state index in [2.05, 4.69) is 11.6 Å². The van der Waals surface area contributed by atoms with Crippen LogP contribution in [-0.2, 0) is 16.1 Å². The zero-order valence-corrected chi connectivity index (χ0v) is 14.4. The number of nitrogens with zero attached hydrogens (tertiary/aromatic N) is 2. The monoisotopic (exact) mass is 332 g/mol. The largest absolute Gasteiger partial charge is 0.454 e. The predicted molar refractivity (Wildman–Crippen MR) is 98.3 cm³/mol. The minimum atomic E-state index is -0.415. The molecular weight excluding hydrogens is 312 g/mol. The summed E-state index contributed by atoms with van der Waals surface area (Å²) in [6, 6.07) is 20.0. The number of benzene rings is 2.